The monoisotopic (exact) mass is 289 g/mol. The largest absolute Gasteiger partial charge is 0.497 e. The molecule has 0 bridgehead atoms. The van der Waals surface area contributed by atoms with Crippen LogP contribution in [-0.4, -0.2) is 20.1 Å². The second kappa shape index (κ2) is 6.44. The van der Waals surface area contributed by atoms with Gasteiger partial charge in [0.15, 0.2) is 0 Å². The van der Waals surface area contributed by atoms with Gasteiger partial charge in [-0.1, -0.05) is 36.4 Å². The molecule has 0 spiro atoms. The minimum Gasteiger partial charge on any atom is -0.497 e. The van der Waals surface area contributed by atoms with Gasteiger partial charge in [-0.2, -0.15) is 0 Å². The number of halogens is 1. The molecule has 0 aliphatic rings. The fourth-order valence-corrected chi connectivity index (χ4v) is 2.17. The lowest BCUT2D eigenvalue weighted by Gasteiger charge is -2.21. The van der Waals surface area contributed by atoms with E-state index in [9.17, 15) is 4.79 Å². The number of amides is 1. The van der Waals surface area contributed by atoms with Gasteiger partial charge in [0.25, 0.3) is 0 Å². The van der Waals surface area contributed by atoms with E-state index in [2.05, 4.69) is 0 Å². The quantitative estimate of drug-likeness (QED) is 0.804. The van der Waals surface area contributed by atoms with Crippen molar-refractivity contribution < 1.29 is 9.53 Å². The van der Waals surface area contributed by atoms with Gasteiger partial charge in [0, 0.05) is 18.8 Å². The number of ether oxygens (including phenoxy) is 1. The van der Waals surface area contributed by atoms with Crippen LogP contribution in [0.3, 0.4) is 0 Å². The van der Waals surface area contributed by atoms with Gasteiger partial charge in [-0.25, -0.2) is 0 Å². The lowest BCUT2D eigenvalue weighted by atomic mass is 10.1. The molecule has 0 saturated carbocycles. The first kappa shape index (κ1) is 14.4. The zero-order valence-corrected chi connectivity index (χ0v) is 12.2. The molecule has 20 heavy (non-hydrogen) atoms. The van der Waals surface area contributed by atoms with Crippen LogP contribution in [-0.2, 0) is 4.79 Å². The molecule has 104 valence electrons. The van der Waals surface area contributed by atoms with E-state index in [1.165, 1.54) is 4.90 Å². The van der Waals surface area contributed by atoms with E-state index >= 15 is 0 Å². The summed E-state index contributed by atoms with van der Waals surface area (Å²) >= 11 is 6.25. The first-order chi connectivity index (χ1) is 9.63. The van der Waals surface area contributed by atoms with Crippen LogP contribution in [0.1, 0.15) is 10.9 Å². The van der Waals surface area contributed by atoms with Crippen molar-refractivity contribution in [1.82, 2.24) is 0 Å². The Balaban J connectivity index is 2.19. The highest BCUT2D eigenvalue weighted by molar-refractivity contribution is 6.32. The Bertz CT molecular complexity index is 586. The summed E-state index contributed by atoms with van der Waals surface area (Å²) in [6.45, 7) is 0. The number of benzene rings is 2. The van der Waals surface area contributed by atoms with Gasteiger partial charge in [0.2, 0.25) is 5.91 Å². The summed E-state index contributed by atoms with van der Waals surface area (Å²) in [6, 6.07) is 16.6. The molecule has 4 heteroatoms. The van der Waals surface area contributed by atoms with Crippen molar-refractivity contribution in [1.29, 1.82) is 0 Å². The molecule has 3 nitrogen and oxygen atoms in total. The van der Waals surface area contributed by atoms with Crippen molar-refractivity contribution in [2.75, 3.05) is 19.1 Å². The van der Waals surface area contributed by atoms with E-state index in [1.807, 2.05) is 48.5 Å². The highest BCUT2D eigenvalue weighted by atomic mass is 35.5. The maximum absolute atomic E-state index is 12.4. The molecule has 0 saturated heterocycles. The number of likely N-dealkylation sites (N-methyl/N-ethyl adjacent to an activating group) is 1. The maximum Gasteiger partial charge on any atom is 0.249 e. The van der Waals surface area contributed by atoms with E-state index < -0.39 is 5.38 Å². The van der Waals surface area contributed by atoms with Gasteiger partial charge in [0.05, 0.1) is 7.11 Å². The Hall–Kier alpha value is -2.00. The van der Waals surface area contributed by atoms with Crippen LogP contribution in [0.15, 0.2) is 54.6 Å². The molecule has 0 N–H and O–H groups in total. The van der Waals surface area contributed by atoms with Gasteiger partial charge in [-0.15, -0.1) is 11.6 Å². The van der Waals surface area contributed by atoms with Crippen LogP contribution in [0.5, 0.6) is 5.75 Å². The van der Waals surface area contributed by atoms with Gasteiger partial charge >= 0.3 is 0 Å². The molecule has 0 heterocycles. The smallest absolute Gasteiger partial charge is 0.249 e. The lowest BCUT2D eigenvalue weighted by molar-refractivity contribution is -0.118. The number of rotatable bonds is 4. The molecule has 2 aromatic carbocycles. The summed E-state index contributed by atoms with van der Waals surface area (Å²) in [5, 5.41) is -0.701. The minimum atomic E-state index is -0.701. The molecule has 0 radical (unpaired) electrons. The van der Waals surface area contributed by atoms with Crippen LogP contribution in [0.25, 0.3) is 0 Å². The van der Waals surface area contributed by atoms with E-state index in [-0.39, 0.29) is 5.91 Å². The third kappa shape index (κ3) is 3.11. The summed E-state index contributed by atoms with van der Waals surface area (Å²) in [4.78, 5) is 13.9. The Kier molecular flexibility index (Phi) is 4.64. The van der Waals surface area contributed by atoms with Crippen molar-refractivity contribution in [3.05, 3.63) is 60.2 Å². The average molecular weight is 290 g/mol. The Labute approximate surface area is 123 Å². The van der Waals surface area contributed by atoms with Crippen molar-refractivity contribution in [3.8, 4) is 5.75 Å². The lowest BCUT2D eigenvalue weighted by Crippen LogP contribution is -2.29. The molecule has 2 aromatic rings. The number of carbonyl (C=O) groups excluding carboxylic acids is 1. The standard InChI is InChI=1S/C16H16ClNO2/c1-18(13-9-6-10-14(11-13)20-2)16(19)15(17)12-7-4-3-5-8-12/h3-11,15H,1-2H3. The molecule has 1 amide bonds. The molecule has 0 aromatic heterocycles. The van der Waals surface area contributed by atoms with Gasteiger partial charge in [-0.3, -0.25) is 4.79 Å². The highest BCUT2D eigenvalue weighted by Gasteiger charge is 2.22. The maximum atomic E-state index is 12.4. The van der Waals surface area contributed by atoms with E-state index in [0.29, 0.717) is 5.75 Å². The van der Waals surface area contributed by atoms with Crippen LogP contribution in [0, 0.1) is 0 Å². The fourth-order valence-electron chi connectivity index (χ4n) is 1.88. The second-order valence-electron chi connectivity index (χ2n) is 4.37. The summed E-state index contributed by atoms with van der Waals surface area (Å²) < 4.78 is 5.16. The third-order valence-electron chi connectivity index (χ3n) is 3.08. The number of hydrogen-bond acceptors (Lipinski definition) is 2. The SMILES string of the molecule is COc1cccc(N(C)C(=O)C(Cl)c2ccccc2)c1. The van der Waals surface area contributed by atoms with Crippen molar-refractivity contribution >= 4 is 23.2 Å². The van der Waals surface area contributed by atoms with Crippen molar-refractivity contribution in [2.24, 2.45) is 0 Å². The molecule has 1 unspecified atom stereocenters. The number of methoxy groups -OCH3 is 1. The molecule has 2 rings (SSSR count). The molecule has 0 aliphatic heterocycles. The van der Waals surface area contributed by atoms with E-state index in [1.54, 1.807) is 20.2 Å². The highest BCUT2D eigenvalue weighted by Crippen LogP contribution is 2.26. The zero-order valence-electron chi connectivity index (χ0n) is 11.4. The Morgan fingerprint density at radius 3 is 2.50 bits per heavy atom. The van der Waals surface area contributed by atoms with Crippen LogP contribution in [0.2, 0.25) is 0 Å². The van der Waals surface area contributed by atoms with Gasteiger partial charge in [-0.05, 0) is 17.7 Å². The molecule has 0 fully saturated rings. The Morgan fingerprint density at radius 2 is 1.85 bits per heavy atom. The first-order valence-electron chi connectivity index (χ1n) is 6.24. The van der Waals surface area contributed by atoms with Crippen LogP contribution in [0.4, 0.5) is 5.69 Å². The van der Waals surface area contributed by atoms with Gasteiger partial charge in [0.1, 0.15) is 11.1 Å². The second-order valence-corrected chi connectivity index (χ2v) is 4.81. The summed E-state index contributed by atoms with van der Waals surface area (Å²) in [5.74, 6) is 0.527. The summed E-state index contributed by atoms with van der Waals surface area (Å²) in [6.07, 6.45) is 0. The summed E-state index contributed by atoms with van der Waals surface area (Å²) in [5.41, 5.74) is 1.53. The zero-order chi connectivity index (χ0) is 14.5. The summed E-state index contributed by atoms with van der Waals surface area (Å²) in [7, 11) is 3.30. The minimum absolute atomic E-state index is 0.175. The number of hydrogen-bond donors (Lipinski definition) is 0. The predicted octanol–water partition coefficient (Wildman–Crippen LogP) is 3.64. The van der Waals surface area contributed by atoms with Crippen molar-refractivity contribution in [2.45, 2.75) is 5.38 Å². The topological polar surface area (TPSA) is 29.5 Å². The predicted molar refractivity (Wildman–Crippen MR) is 81.4 cm³/mol. The third-order valence-corrected chi connectivity index (χ3v) is 3.52. The molecule has 1 atom stereocenters. The van der Waals surface area contributed by atoms with E-state index in [0.717, 1.165) is 11.3 Å². The van der Waals surface area contributed by atoms with Crippen LogP contribution < -0.4 is 9.64 Å². The molecular formula is C16H16ClNO2. The molecular weight excluding hydrogens is 274 g/mol. The van der Waals surface area contributed by atoms with E-state index in [4.69, 9.17) is 16.3 Å². The fraction of sp³-hybridized carbons (Fsp3) is 0.188. The Morgan fingerprint density at radius 1 is 1.15 bits per heavy atom. The normalized spacial score (nSPS) is 11.8. The van der Waals surface area contributed by atoms with Gasteiger partial charge < -0.3 is 9.64 Å². The van der Waals surface area contributed by atoms with Crippen molar-refractivity contribution in [3.63, 3.8) is 0 Å². The number of nitrogens with zero attached hydrogens (tertiary/aromatic N) is 1. The average Bonchev–Trinajstić information content (AvgIpc) is 2.53. The first-order valence-corrected chi connectivity index (χ1v) is 6.67. The number of anilines is 1. The molecule has 0 aliphatic carbocycles. The van der Waals surface area contributed by atoms with Crippen LogP contribution >= 0.6 is 11.6 Å². The number of carbonyl (C=O) groups is 1. The number of alkyl halides is 1.